The van der Waals surface area contributed by atoms with Crippen molar-refractivity contribution in [2.45, 2.75) is 43.3 Å². The zero-order valence-corrected chi connectivity index (χ0v) is 18.0. The first-order valence-corrected chi connectivity index (χ1v) is 10.7. The van der Waals surface area contributed by atoms with Crippen LogP contribution in [0.2, 0.25) is 0 Å². The summed E-state index contributed by atoms with van der Waals surface area (Å²) in [6.45, 7) is 7.61. The van der Waals surface area contributed by atoms with Crippen LogP contribution in [0, 0.1) is 20.8 Å². The number of hydrogen-bond donors (Lipinski definition) is 2. The van der Waals surface area contributed by atoms with E-state index in [-0.39, 0.29) is 4.75 Å². The van der Waals surface area contributed by atoms with Crippen LogP contribution in [0.25, 0.3) is 0 Å². The average Bonchev–Trinajstić information content (AvgIpc) is 2.70. The Labute approximate surface area is 176 Å². The van der Waals surface area contributed by atoms with Gasteiger partial charge in [-0.25, -0.2) is 0 Å². The Bertz CT molecular complexity index is 854. The predicted octanol–water partition coefficient (Wildman–Crippen LogP) is 4.01. The Hall–Kier alpha value is -2.31. The van der Waals surface area contributed by atoms with E-state index in [4.69, 9.17) is 4.74 Å². The third-order valence-corrected chi connectivity index (χ3v) is 6.67. The molecule has 2 amide bonds. The van der Waals surface area contributed by atoms with Gasteiger partial charge in [0.2, 0.25) is 0 Å². The number of amides is 2. The van der Waals surface area contributed by atoms with E-state index in [0.29, 0.717) is 25.4 Å². The zero-order chi connectivity index (χ0) is 20.9. The van der Waals surface area contributed by atoms with Crippen molar-refractivity contribution in [3.8, 4) is 0 Å². The predicted molar refractivity (Wildman–Crippen MR) is 117 cm³/mol. The van der Waals surface area contributed by atoms with Gasteiger partial charge >= 0.3 is 11.8 Å². The van der Waals surface area contributed by atoms with E-state index in [1.165, 1.54) is 0 Å². The van der Waals surface area contributed by atoms with E-state index < -0.39 is 11.8 Å². The molecule has 1 fully saturated rings. The minimum atomic E-state index is -0.632. The van der Waals surface area contributed by atoms with Gasteiger partial charge in [-0.05, 0) is 56.9 Å². The first-order valence-electron chi connectivity index (χ1n) is 9.87. The smallest absolute Gasteiger partial charge is 0.313 e. The number of carbonyl (C=O) groups excluding carboxylic acids is 2. The number of rotatable bonds is 5. The molecule has 29 heavy (non-hydrogen) atoms. The molecular weight excluding hydrogens is 384 g/mol. The van der Waals surface area contributed by atoms with Crippen LogP contribution in [0.1, 0.15) is 29.5 Å². The molecule has 1 heterocycles. The highest BCUT2D eigenvalue weighted by atomic mass is 32.2. The second-order valence-electron chi connectivity index (χ2n) is 7.62. The molecule has 154 valence electrons. The van der Waals surface area contributed by atoms with Crippen molar-refractivity contribution >= 4 is 29.3 Å². The molecule has 1 aliphatic heterocycles. The van der Waals surface area contributed by atoms with Crippen LogP contribution in [-0.2, 0) is 14.3 Å². The maximum Gasteiger partial charge on any atom is 0.313 e. The number of nitrogens with one attached hydrogen (secondary N) is 2. The lowest BCUT2D eigenvalue weighted by atomic mass is 9.99. The van der Waals surface area contributed by atoms with Gasteiger partial charge < -0.3 is 15.4 Å². The Kier molecular flexibility index (Phi) is 6.98. The lowest BCUT2D eigenvalue weighted by Gasteiger charge is -2.36. The second kappa shape index (κ2) is 9.46. The summed E-state index contributed by atoms with van der Waals surface area (Å²) in [7, 11) is 0. The molecule has 3 rings (SSSR count). The molecule has 0 aliphatic carbocycles. The summed E-state index contributed by atoms with van der Waals surface area (Å²) < 4.78 is 5.35. The van der Waals surface area contributed by atoms with Crippen LogP contribution in [0.4, 0.5) is 5.69 Å². The number of anilines is 1. The fourth-order valence-electron chi connectivity index (χ4n) is 3.67. The summed E-state index contributed by atoms with van der Waals surface area (Å²) in [4.78, 5) is 26.1. The first-order chi connectivity index (χ1) is 13.9. The molecule has 5 nitrogen and oxygen atoms in total. The van der Waals surface area contributed by atoms with Crippen LogP contribution >= 0.6 is 11.8 Å². The number of ether oxygens (including phenoxy) is 1. The van der Waals surface area contributed by atoms with E-state index in [1.807, 2.05) is 51.1 Å². The first kappa shape index (κ1) is 21.4. The fourth-order valence-corrected chi connectivity index (χ4v) is 4.97. The maximum atomic E-state index is 12.5. The van der Waals surface area contributed by atoms with Gasteiger partial charge in [0.05, 0.1) is 0 Å². The van der Waals surface area contributed by atoms with E-state index in [1.54, 1.807) is 11.8 Å². The monoisotopic (exact) mass is 412 g/mol. The van der Waals surface area contributed by atoms with Gasteiger partial charge in [0.1, 0.15) is 0 Å². The summed E-state index contributed by atoms with van der Waals surface area (Å²) in [6.07, 6.45) is 1.65. The molecule has 0 saturated carbocycles. The van der Waals surface area contributed by atoms with Crippen LogP contribution in [0.3, 0.4) is 0 Å². The van der Waals surface area contributed by atoms with Crippen molar-refractivity contribution in [1.82, 2.24) is 5.32 Å². The van der Waals surface area contributed by atoms with Crippen molar-refractivity contribution < 1.29 is 14.3 Å². The molecule has 0 unspecified atom stereocenters. The van der Waals surface area contributed by atoms with Gasteiger partial charge in [-0.3, -0.25) is 9.59 Å². The highest BCUT2D eigenvalue weighted by molar-refractivity contribution is 8.00. The van der Waals surface area contributed by atoms with Crippen molar-refractivity contribution in [2.75, 3.05) is 25.1 Å². The lowest BCUT2D eigenvalue weighted by Crippen LogP contribution is -2.47. The van der Waals surface area contributed by atoms with Gasteiger partial charge in [-0.2, -0.15) is 0 Å². The number of aryl methyl sites for hydroxylation is 3. The van der Waals surface area contributed by atoms with Crippen LogP contribution < -0.4 is 10.6 Å². The highest BCUT2D eigenvalue weighted by Gasteiger charge is 2.35. The topological polar surface area (TPSA) is 67.4 Å². The Morgan fingerprint density at radius 3 is 2.24 bits per heavy atom. The summed E-state index contributed by atoms with van der Waals surface area (Å²) in [6, 6.07) is 14.1. The standard InChI is InChI=1S/C23H28N2O3S/c1-16-13-17(2)20(18(3)14-16)25-22(27)21(26)24-15-23(9-11-28-12-10-23)29-19-7-5-4-6-8-19/h4-8,13-14H,9-12,15H2,1-3H3,(H,24,26)(H,25,27). The molecule has 1 saturated heterocycles. The third-order valence-electron chi connectivity index (χ3n) is 5.17. The number of carbonyl (C=O) groups is 2. The van der Waals surface area contributed by atoms with E-state index in [0.717, 1.165) is 34.4 Å². The van der Waals surface area contributed by atoms with Gasteiger partial charge in [0, 0.05) is 35.1 Å². The van der Waals surface area contributed by atoms with Gasteiger partial charge in [-0.1, -0.05) is 35.9 Å². The third kappa shape index (κ3) is 5.61. The van der Waals surface area contributed by atoms with E-state index in [2.05, 4.69) is 22.8 Å². The molecule has 0 aromatic heterocycles. The molecule has 6 heteroatoms. The number of thioether (sulfide) groups is 1. The normalized spacial score (nSPS) is 15.6. The SMILES string of the molecule is Cc1cc(C)c(NC(=O)C(=O)NCC2(Sc3ccccc3)CCOCC2)c(C)c1. The van der Waals surface area contributed by atoms with E-state index in [9.17, 15) is 9.59 Å². The summed E-state index contributed by atoms with van der Waals surface area (Å²) in [5, 5.41) is 5.63. The van der Waals surface area contributed by atoms with Crippen LogP contribution in [0.15, 0.2) is 47.4 Å². The van der Waals surface area contributed by atoms with Crippen molar-refractivity contribution in [3.63, 3.8) is 0 Å². The van der Waals surface area contributed by atoms with Crippen molar-refractivity contribution in [1.29, 1.82) is 0 Å². The zero-order valence-electron chi connectivity index (χ0n) is 17.2. The second-order valence-corrected chi connectivity index (χ2v) is 9.16. The van der Waals surface area contributed by atoms with Crippen LogP contribution in [-0.4, -0.2) is 36.3 Å². The fraction of sp³-hybridized carbons (Fsp3) is 0.391. The average molecular weight is 413 g/mol. The minimum absolute atomic E-state index is 0.175. The Morgan fingerprint density at radius 2 is 1.62 bits per heavy atom. The minimum Gasteiger partial charge on any atom is -0.381 e. The summed E-state index contributed by atoms with van der Waals surface area (Å²) in [5.74, 6) is -1.24. The molecule has 0 spiro atoms. The maximum absolute atomic E-state index is 12.5. The Balaban J connectivity index is 1.65. The molecule has 1 aliphatic rings. The number of hydrogen-bond acceptors (Lipinski definition) is 4. The van der Waals surface area contributed by atoms with Crippen molar-refractivity contribution in [3.05, 3.63) is 59.2 Å². The molecule has 2 N–H and O–H groups in total. The molecule has 2 aromatic carbocycles. The van der Waals surface area contributed by atoms with Crippen molar-refractivity contribution in [2.24, 2.45) is 0 Å². The molecule has 0 atom stereocenters. The molecule has 2 aromatic rings. The summed E-state index contributed by atoms with van der Waals surface area (Å²) >= 11 is 1.75. The van der Waals surface area contributed by atoms with Gasteiger partial charge in [0.25, 0.3) is 0 Å². The number of benzene rings is 2. The van der Waals surface area contributed by atoms with Gasteiger partial charge in [-0.15, -0.1) is 11.8 Å². The molecular formula is C23H28N2O3S. The summed E-state index contributed by atoms with van der Waals surface area (Å²) in [5.41, 5.74) is 3.73. The largest absolute Gasteiger partial charge is 0.381 e. The van der Waals surface area contributed by atoms with Crippen LogP contribution in [0.5, 0.6) is 0 Å². The highest BCUT2D eigenvalue weighted by Crippen LogP contribution is 2.40. The lowest BCUT2D eigenvalue weighted by molar-refractivity contribution is -0.136. The Morgan fingerprint density at radius 1 is 1.00 bits per heavy atom. The van der Waals surface area contributed by atoms with Gasteiger partial charge in [0.15, 0.2) is 0 Å². The molecule has 0 radical (unpaired) electrons. The van der Waals surface area contributed by atoms with E-state index >= 15 is 0 Å². The quantitative estimate of drug-likeness (QED) is 0.728. The molecule has 0 bridgehead atoms.